The van der Waals surface area contributed by atoms with Crippen molar-refractivity contribution < 1.29 is 34.6 Å². The average Bonchev–Trinajstić information content (AvgIpc) is 2.64. The minimum absolute atomic E-state index is 0.127. The van der Waals surface area contributed by atoms with E-state index in [4.69, 9.17) is 19.2 Å². The van der Waals surface area contributed by atoms with Gasteiger partial charge in [0.1, 0.15) is 0 Å². The van der Waals surface area contributed by atoms with Gasteiger partial charge in [-0.2, -0.15) is 0 Å². The fraction of sp³-hybridized carbons (Fsp3) is 1.00. The summed E-state index contributed by atoms with van der Waals surface area (Å²) in [6.07, 6.45) is 19.3. The number of aliphatic hydroxyl groups is 3. The van der Waals surface area contributed by atoms with Crippen molar-refractivity contribution in [3.63, 3.8) is 0 Å². The lowest BCUT2D eigenvalue weighted by Crippen LogP contribution is -2.33. The summed E-state index contributed by atoms with van der Waals surface area (Å²) in [5.41, 5.74) is -0.670. The van der Waals surface area contributed by atoms with Crippen LogP contribution in [0.4, 0.5) is 0 Å². The molecule has 0 aliphatic carbocycles. The monoisotopic (exact) mass is 428 g/mol. The Bertz CT molecular complexity index is 340. The van der Waals surface area contributed by atoms with Gasteiger partial charge in [-0.15, -0.1) is 0 Å². The summed E-state index contributed by atoms with van der Waals surface area (Å²) in [5, 5.41) is 27.8. The molecule has 0 fully saturated rings. The summed E-state index contributed by atoms with van der Waals surface area (Å²) in [6, 6.07) is 0. The minimum atomic E-state index is -4.64. The van der Waals surface area contributed by atoms with Crippen molar-refractivity contribution in [2.45, 2.75) is 103 Å². The Balaban J connectivity index is 0. The maximum Gasteiger partial charge on any atom is 0.466 e. The lowest BCUT2D eigenvalue weighted by atomic mass is 9.85. The topological polar surface area (TPSA) is 138 Å². The normalized spacial score (nSPS) is 12.0. The van der Waals surface area contributed by atoms with Gasteiger partial charge in [0.05, 0.1) is 19.8 Å². The molecule has 0 saturated heterocycles. The van der Waals surface area contributed by atoms with Crippen LogP contribution in [0.1, 0.15) is 103 Å². The van der Waals surface area contributed by atoms with E-state index in [9.17, 15) is 15.3 Å². The number of aliphatic hydroxyl groups excluding tert-OH is 3. The van der Waals surface area contributed by atoms with Gasteiger partial charge in [-0.1, -0.05) is 96.8 Å². The van der Waals surface area contributed by atoms with Crippen molar-refractivity contribution >= 4 is 7.82 Å². The quantitative estimate of drug-likeness (QED) is 0.144. The van der Waals surface area contributed by atoms with E-state index in [1.165, 1.54) is 77.0 Å². The zero-order chi connectivity index (χ0) is 21.7. The molecule has 0 aliphatic rings. The molecule has 0 unspecified atom stereocenters. The molecule has 28 heavy (non-hydrogen) atoms. The molecule has 0 heterocycles. The van der Waals surface area contributed by atoms with Crippen molar-refractivity contribution in [1.82, 2.24) is 0 Å². The third-order valence-electron chi connectivity index (χ3n) is 5.07. The first-order valence-electron chi connectivity index (χ1n) is 10.9. The molecular weight excluding hydrogens is 383 g/mol. The molecule has 0 atom stereocenters. The van der Waals surface area contributed by atoms with Gasteiger partial charge in [-0.3, -0.25) is 0 Å². The van der Waals surface area contributed by atoms with Gasteiger partial charge in [0.25, 0.3) is 0 Å². The highest BCUT2D eigenvalue weighted by Gasteiger charge is 2.26. The van der Waals surface area contributed by atoms with Crippen LogP contribution in [0.5, 0.6) is 0 Å². The van der Waals surface area contributed by atoms with E-state index < -0.39 is 13.2 Å². The molecule has 0 saturated carbocycles. The Morgan fingerprint density at radius 1 is 0.571 bits per heavy atom. The van der Waals surface area contributed by atoms with Crippen LogP contribution in [-0.4, -0.2) is 49.8 Å². The fourth-order valence-electron chi connectivity index (χ4n) is 3.08. The van der Waals surface area contributed by atoms with Gasteiger partial charge in [-0.05, 0) is 6.42 Å². The van der Waals surface area contributed by atoms with Crippen LogP contribution in [0.2, 0.25) is 0 Å². The van der Waals surface area contributed by atoms with Crippen LogP contribution in [0.3, 0.4) is 0 Å². The van der Waals surface area contributed by atoms with Gasteiger partial charge in [0.15, 0.2) is 0 Å². The Morgan fingerprint density at radius 3 is 1.07 bits per heavy atom. The van der Waals surface area contributed by atoms with Crippen molar-refractivity contribution in [2.75, 3.05) is 19.8 Å². The van der Waals surface area contributed by atoms with Crippen LogP contribution in [-0.2, 0) is 4.57 Å². The van der Waals surface area contributed by atoms with Crippen LogP contribution in [0, 0.1) is 5.41 Å². The lowest BCUT2D eigenvalue weighted by Gasteiger charge is -2.27. The van der Waals surface area contributed by atoms with Gasteiger partial charge >= 0.3 is 7.82 Å². The van der Waals surface area contributed by atoms with Crippen LogP contribution in [0.15, 0.2) is 0 Å². The number of unbranched alkanes of at least 4 members (excludes halogenated alkanes) is 13. The second kappa shape index (κ2) is 20.3. The first-order valence-corrected chi connectivity index (χ1v) is 12.4. The molecule has 0 radical (unpaired) electrons. The molecule has 8 heteroatoms. The average molecular weight is 429 g/mol. The maximum atomic E-state index is 9.26. The van der Waals surface area contributed by atoms with E-state index in [0.29, 0.717) is 6.42 Å². The molecule has 0 aromatic heterocycles. The highest BCUT2D eigenvalue weighted by atomic mass is 31.2. The molecule has 0 rings (SSSR count). The molecule has 172 valence electrons. The number of rotatable bonds is 18. The fourth-order valence-corrected chi connectivity index (χ4v) is 3.08. The third-order valence-corrected chi connectivity index (χ3v) is 5.07. The van der Waals surface area contributed by atoms with Gasteiger partial charge < -0.3 is 30.0 Å². The van der Waals surface area contributed by atoms with Crippen molar-refractivity contribution in [3.05, 3.63) is 0 Å². The Kier molecular flexibility index (Phi) is 21.9. The van der Waals surface area contributed by atoms with E-state index >= 15 is 0 Å². The Labute approximate surface area is 171 Å². The molecule has 0 aliphatic heterocycles. The van der Waals surface area contributed by atoms with Crippen LogP contribution < -0.4 is 0 Å². The zero-order valence-electron chi connectivity index (χ0n) is 17.8. The molecule has 7 nitrogen and oxygen atoms in total. The molecular formula is C20H45O7P. The van der Waals surface area contributed by atoms with Gasteiger partial charge in [0, 0.05) is 5.41 Å². The molecule has 0 aromatic rings. The summed E-state index contributed by atoms with van der Waals surface area (Å²) >= 11 is 0. The summed E-state index contributed by atoms with van der Waals surface area (Å²) in [7, 11) is -4.64. The summed E-state index contributed by atoms with van der Waals surface area (Å²) in [5.74, 6) is 0. The van der Waals surface area contributed by atoms with Gasteiger partial charge in [0.2, 0.25) is 0 Å². The zero-order valence-corrected chi connectivity index (χ0v) is 18.7. The van der Waals surface area contributed by atoms with Crippen molar-refractivity contribution in [3.8, 4) is 0 Å². The van der Waals surface area contributed by atoms with E-state index in [0.717, 1.165) is 12.8 Å². The van der Waals surface area contributed by atoms with Crippen molar-refractivity contribution in [2.24, 2.45) is 5.41 Å². The molecule has 0 aromatic carbocycles. The maximum absolute atomic E-state index is 9.26. The predicted octanol–water partition coefficient (Wildman–Crippen LogP) is 3.89. The van der Waals surface area contributed by atoms with Gasteiger partial charge in [-0.25, -0.2) is 4.57 Å². The number of hydrogen-bond acceptors (Lipinski definition) is 4. The van der Waals surface area contributed by atoms with E-state index in [1.54, 1.807) is 0 Å². The highest BCUT2D eigenvalue weighted by Crippen LogP contribution is 2.26. The lowest BCUT2D eigenvalue weighted by molar-refractivity contribution is -0.00230. The predicted molar refractivity (Wildman–Crippen MR) is 113 cm³/mol. The number of hydrogen-bond donors (Lipinski definition) is 6. The van der Waals surface area contributed by atoms with Crippen molar-refractivity contribution in [1.29, 1.82) is 0 Å². The standard InChI is InChI=1S/C20H42O3.H3O4P/c1-2-3-4-5-6-7-8-9-10-11-12-13-14-15-16-20(17-21,18-22)19-23;1-5(2,3)4/h21-23H,2-19H2,1H3;(H3,1,2,3,4). The Hall–Kier alpha value is -0.0100. The third kappa shape index (κ3) is 24.0. The summed E-state index contributed by atoms with van der Waals surface area (Å²) < 4.78 is 8.88. The summed E-state index contributed by atoms with van der Waals surface area (Å²) in [6.45, 7) is 1.89. The number of phosphoric acid groups is 1. The molecule has 0 amide bonds. The van der Waals surface area contributed by atoms with Crippen LogP contribution in [0.25, 0.3) is 0 Å². The Morgan fingerprint density at radius 2 is 0.821 bits per heavy atom. The smallest absolute Gasteiger partial charge is 0.396 e. The molecule has 0 bridgehead atoms. The second-order valence-corrected chi connectivity index (χ2v) is 8.86. The largest absolute Gasteiger partial charge is 0.466 e. The van der Waals surface area contributed by atoms with E-state index in [2.05, 4.69) is 6.92 Å². The second-order valence-electron chi connectivity index (χ2n) is 7.83. The molecule has 0 spiro atoms. The van der Waals surface area contributed by atoms with E-state index in [-0.39, 0.29) is 19.8 Å². The SMILES string of the molecule is CCCCCCCCCCCCCCCCC(CO)(CO)CO.O=P(O)(O)O. The van der Waals surface area contributed by atoms with E-state index in [1.807, 2.05) is 0 Å². The van der Waals surface area contributed by atoms with Crippen LogP contribution >= 0.6 is 7.82 Å². The summed E-state index contributed by atoms with van der Waals surface area (Å²) in [4.78, 5) is 21.6. The first-order chi connectivity index (χ1) is 13.2. The molecule has 6 N–H and O–H groups in total. The first kappa shape index (κ1) is 30.2. The minimum Gasteiger partial charge on any atom is -0.396 e. The highest BCUT2D eigenvalue weighted by molar-refractivity contribution is 7.45.